The minimum absolute atomic E-state index is 0.0712. The molecule has 0 fully saturated rings. The van der Waals surface area contributed by atoms with Crippen molar-refractivity contribution in [3.8, 4) is 0 Å². The summed E-state index contributed by atoms with van der Waals surface area (Å²) in [5.74, 6) is 0.363. The Morgan fingerprint density at radius 1 is 0.571 bits per heavy atom. The SMILES string of the molecule is CCCCCCCCCCCCCC(=O)O[C@H](CO)COC(=O)CCCCCCCCCCCCCCCSC(C)=O. The fraction of sp³-hybridized carbons (Fsp3) is 0.914. The van der Waals surface area contributed by atoms with Crippen molar-refractivity contribution in [1.82, 2.24) is 0 Å². The lowest BCUT2D eigenvalue weighted by Gasteiger charge is -2.15. The molecule has 0 radical (unpaired) electrons. The Kier molecular flexibility index (Phi) is 32.0. The normalized spacial score (nSPS) is 11.9. The van der Waals surface area contributed by atoms with Crippen molar-refractivity contribution in [1.29, 1.82) is 0 Å². The Labute approximate surface area is 263 Å². The van der Waals surface area contributed by atoms with Gasteiger partial charge in [0.05, 0.1) is 6.61 Å². The molecule has 7 heteroatoms. The largest absolute Gasteiger partial charge is 0.462 e. The van der Waals surface area contributed by atoms with Crippen molar-refractivity contribution >= 4 is 28.8 Å². The zero-order valence-corrected chi connectivity index (χ0v) is 28.3. The number of rotatable bonds is 32. The van der Waals surface area contributed by atoms with E-state index >= 15 is 0 Å². The van der Waals surface area contributed by atoms with Crippen LogP contribution in [0, 0.1) is 0 Å². The van der Waals surface area contributed by atoms with Gasteiger partial charge in [0.1, 0.15) is 6.61 Å². The van der Waals surface area contributed by atoms with E-state index < -0.39 is 6.10 Å². The maximum absolute atomic E-state index is 12.1. The molecule has 0 unspecified atom stereocenters. The van der Waals surface area contributed by atoms with Gasteiger partial charge in [-0.25, -0.2) is 0 Å². The lowest BCUT2D eigenvalue weighted by molar-refractivity contribution is -0.161. The van der Waals surface area contributed by atoms with Gasteiger partial charge in [-0.1, -0.05) is 154 Å². The minimum Gasteiger partial charge on any atom is -0.462 e. The Morgan fingerprint density at radius 3 is 1.36 bits per heavy atom. The number of hydrogen-bond donors (Lipinski definition) is 1. The van der Waals surface area contributed by atoms with E-state index in [-0.39, 0.29) is 30.3 Å². The number of hydrogen-bond acceptors (Lipinski definition) is 7. The molecule has 0 aliphatic rings. The molecule has 0 aromatic heterocycles. The number of ether oxygens (including phenoxy) is 2. The molecule has 0 heterocycles. The second-order valence-corrected chi connectivity index (χ2v) is 13.2. The molecule has 0 aliphatic carbocycles. The molecule has 0 amide bonds. The highest BCUT2D eigenvalue weighted by molar-refractivity contribution is 8.13. The number of carbonyl (C=O) groups is 3. The lowest BCUT2D eigenvalue weighted by atomic mass is 10.0. The first-order valence-electron chi connectivity index (χ1n) is 17.6. The van der Waals surface area contributed by atoms with Gasteiger partial charge in [-0.2, -0.15) is 0 Å². The van der Waals surface area contributed by atoms with Gasteiger partial charge in [0.15, 0.2) is 11.2 Å². The monoisotopic (exact) mass is 614 g/mol. The first-order chi connectivity index (χ1) is 20.5. The third-order valence-electron chi connectivity index (χ3n) is 7.75. The molecule has 248 valence electrons. The molecule has 6 nitrogen and oxygen atoms in total. The van der Waals surface area contributed by atoms with Crippen LogP contribution in [0.5, 0.6) is 0 Å². The van der Waals surface area contributed by atoms with Crippen molar-refractivity contribution in [2.45, 2.75) is 187 Å². The standard InChI is InChI=1S/C35H66O6S/c1-3-4-5-6-7-8-12-16-19-22-25-28-35(39)41-33(30-36)31-40-34(38)27-24-21-18-15-13-10-9-11-14-17-20-23-26-29-42-32(2)37/h33,36H,3-31H2,1-2H3/t33-/m1/s1. The van der Waals surface area contributed by atoms with Crippen molar-refractivity contribution in [2.24, 2.45) is 0 Å². The van der Waals surface area contributed by atoms with Crippen molar-refractivity contribution in [3.63, 3.8) is 0 Å². The van der Waals surface area contributed by atoms with Crippen LogP contribution in [0.2, 0.25) is 0 Å². The van der Waals surface area contributed by atoms with Gasteiger partial charge in [0.2, 0.25) is 0 Å². The molecule has 0 aromatic carbocycles. The zero-order valence-electron chi connectivity index (χ0n) is 27.5. The second kappa shape index (κ2) is 32.8. The third-order valence-corrected chi connectivity index (χ3v) is 8.65. The number of thioether (sulfide) groups is 1. The number of esters is 2. The summed E-state index contributed by atoms with van der Waals surface area (Å²) in [6, 6.07) is 0. The summed E-state index contributed by atoms with van der Waals surface area (Å²) in [4.78, 5) is 35.0. The molecular weight excluding hydrogens is 548 g/mol. The molecule has 0 spiro atoms. The average Bonchev–Trinajstić information content (AvgIpc) is 2.97. The first kappa shape index (κ1) is 40.9. The summed E-state index contributed by atoms with van der Waals surface area (Å²) >= 11 is 1.44. The number of unbranched alkanes of at least 4 members (excludes halogenated alkanes) is 22. The van der Waals surface area contributed by atoms with Crippen LogP contribution in [0.3, 0.4) is 0 Å². The van der Waals surface area contributed by atoms with Gasteiger partial charge in [-0.3, -0.25) is 14.4 Å². The van der Waals surface area contributed by atoms with E-state index in [1.165, 1.54) is 121 Å². The number of carbonyl (C=O) groups excluding carboxylic acids is 3. The van der Waals surface area contributed by atoms with E-state index in [4.69, 9.17) is 9.47 Å². The fourth-order valence-electron chi connectivity index (χ4n) is 5.09. The van der Waals surface area contributed by atoms with E-state index in [1.54, 1.807) is 6.92 Å². The average molecular weight is 615 g/mol. The molecule has 0 bridgehead atoms. The van der Waals surface area contributed by atoms with Gasteiger partial charge >= 0.3 is 11.9 Å². The summed E-state index contributed by atoms with van der Waals surface area (Å²) in [5.41, 5.74) is 0. The van der Waals surface area contributed by atoms with Crippen LogP contribution in [0.15, 0.2) is 0 Å². The van der Waals surface area contributed by atoms with Crippen LogP contribution < -0.4 is 0 Å². The van der Waals surface area contributed by atoms with E-state index in [1.807, 2.05) is 0 Å². The second-order valence-electron chi connectivity index (χ2n) is 11.9. The molecule has 1 N–H and O–H groups in total. The lowest BCUT2D eigenvalue weighted by Crippen LogP contribution is -2.28. The predicted molar refractivity (Wildman–Crippen MR) is 177 cm³/mol. The van der Waals surface area contributed by atoms with Crippen LogP contribution >= 0.6 is 11.8 Å². The van der Waals surface area contributed by atoms with Crippen LogP contribution in [0.1, 0.15) is 181 Å². The molecular formula is C35H66O6S. The maximum atomic E-state index is 12.1. The zero-order chi connectivity index (χ0) is 30.9. The molecule has 0 saturated carbocycles. The first-order valence-corrected chi connectivity index (χ1v) is 18.6. The number of aliphatic hydroxyl groups excluding tert-OH is 1. The minimum atomic E-state index is -0.772. The predicted octanol–water partition coefficient (Wildman–Crippen LogP) is 9.88. The Balaban J connectivity index is 3.50. The molecule has 1 atom stereocenters. The van der Waals surface area contributed by atoms with Gasteiger partial charge in [-0.05, 0) is 19.3 Å². The molecule has 0 rings (SSSR count). The molecule has 42 heavy (non-hydrogen) atoms. The number of aliphatic hydroxyl groups is 1. The van der Waals surface area contributed by atoms with Gasteiger partial charge in [-0.15, -0.1) is 0 Å². The Bertz CT molecular complexity index is 627. The summed E-state index contributed by atoms with van der Waals surface area (Å²) in [6.45, 7) is 3.48. The smallest absolute Gasteiger partial charge is 0.306 e. The summed E-state index contributed by atoms with van der Waals surface area (Å²) in [5, 5.41) is 9.73. The van der Waals surface area contributed by atoms with E-state index in [0.717, 1.165) is 50.7 Å². The Morgan fingerprint density at radius 2 is 0.952 bits per heavy atom. The van der Waals surface area contributed by atoms with Crippen LogP contribution in [-0.2, 0) is 23.9 Å². The molecule has 0 aliphatic heterocycles. The summed E-state index contributed by atoms with van der Waals surface area (Å²) in [7, 11) is 0. The fourth-order valence-corrected chi connectivity index (χ4v) is 5.73. The summed E-state index contributed by atoms with van der Waals surface area (Å²) in [6.07, 6.45) is 29.1. The van der Waals surface area contributed by atoms with Crippen LogP contribution in [0.25, 0.3) is 0 Å². The van der Waals surface area contributed by atoms with E-state index in [0.29, 0.717) is 12.8 Å². The van der Waals surface area contributed by atoms with Crippen molar-refractivity contribution in [2.75, 3.05) is 19.0 Å². The van der Waals surface area contributed by atoms with Crippen LogP contribution in [0.4, 0.5) is 0 Å². The highest BCUT2D eigenvalue weighted by Gasteiger charge is 2.16. The third kappa shape index (κ3) is 31.8. The quantitative estimate of drug-likeness (QED) is 0.0596. The summed E-state index contributed by atoms with van der Waals surface area (Å²) < 4.78 is 10.5. The van der Waals surface area contributed by atoms with Crippen LogP contribution in [-0.4, -0.2) is 47.2 Å². The van der Waals surface area contributed by atoms with Gasteiger partial charge in [0.25, 0.3) is 0 Å². The Hall–Kier alpha value is -1.08. The van der Waals surface area contributed by atoms with Gasteiger partial charge < -0.3 is 14.6 Å². The highest BCUT2D eigenvalue weighted by Crippen LogP contribution is 2.15. The topological polar surface area (TPSA) is 89.9 Å². The molecule has 0 aromatic rings. The van der Waals surface area contributed by atoms with Crippen molar-refractivity contribution < 1.29 is 29.0 Å². The maximum Gasteiger partial charge on any atom is 0.306 e. The van der Waals surface area contributed by atoms with Crippen molar-refractivity contribution in [3.05, 3.63) is 0 Å². The molecule has 0 saturated heterocycles. The highest BCUT2D eigenvalue weighted by atomic mass is 32.2. The van der Waals surface area contributed by atoms with Gasteiger partial charge in [0, 0.05) is 25.5 Å². The van der Waals surface area contributed by atoms with E-state index in [9.17, 15) is 19.5 Å². The van der Waals surface area contributed by atoms with E-state index in [2.05, 4.69) is 6.92 Å².